The summed E-state index contributed by atoms with van der Waals surface area (Å²) in [4.78, 5) is 49.0. The number of nitrogens with zero attached hydrogens (tertiary/aromatic N) is 4. The number of piperazine rings is 1. The van der Waals surface area contributed by atoms with Crippen LogP contribution in [0, 0.1) is 6.92 Å². The van der Waals surface area contributed by atoms with Crippen molar-refractivity contribution in [2.75, 3.05) is 76.3 Å². The Morgan fingerprint density at radius 1 is 0.957 bits per heavy atom. The number of rotatable bonds is 14. The lowest BCUT2D eigenvalue weighted by Crippen LogP contribution is -2.48. The van der Waals surface area contributed by atoms with Crippen LogP contribution >= 0.6 is 11.3 Å². The smallest absolute Gasteiger partial charge is 0.411 e. The van der Waals surface area contributed by atoms with E-state index in [2.05, 4.69) is 25.5 Å². The van der Waals surface area contributed by atoms with E-state index in [1.165, 1.54) is 17.8 Å². The van der Waals surface area contributed by atoms with E-state index in [0.717, 1.165) is 79.8 Å². The van der Waals surface area contributed by atoms with E-state index in [1.807, 2.05) is 36.1 Å². The molecule has 1 aliphatic heterocycles. The first-order chi connectivity index (χ1) is 22.3. The lowest BCUT2D eigenvalue weighted by Gasteiger charge is -2.33. The summed E-state index contributed by atoms with van der Waals surface area (Å²) >= 11 is 1.37. The summed E-state index contributed by atoms with van der Waals surface area (Å²) < 4.78 is 17.6. The highest BCUT2D eigenvalue weighted by atomic mass is 32.1. The SMILES string of the molecule is Cc1ncc(-c2ccc3nc(NC(=O)COCCOCCN4CCN(CC(=O)O)CC4)sc3c2)cc1NC(=O)OC1CCCCC1. The van der Waals surface area contributed by atoms with Crippen molar-refractivity contribution in [2.45, 2.75) is 45.1 Å². The first kappa shape index (κ1) is 33.7. The third-order valence-corrected chi connectivity index (χ3v) is 9.03. The topological polar surface area (TPSA) is 155 Å². The molecule has 0 unspecified atom stereocenters. The number of pyridine rings is 1. The van der Waals surface area contributed by atoms with Crippen LogP contribution in [0.4, 0.5) is 15.6 Å². The number of aryl methyl sites for hydroxylation is 1. The molecule has 0 spiro atoms. The fourth-order valence-corrected chi connectivity index (χ4v) is 6.47. The minimum atomic E-state index is -0.796. The van der Waals surface area contributed by atoms with Crippen LogP contribution in [0.2, 0.25) is 0 Å². The average Bonchev–Trinajstić information content (AvgIpc) is 3.44. The zero-order valence-corrected chi connectivity index (χ0v) is 27.0. The first-order valence-corrected chi connectivity index (χ1v) is 16.6. The highest BCUT2D eigenvalue weighted by molar-refractivity contribution is 7.22. The van der Waals surface area contributed by atoms with Gasteiger partial charge in [0.1, 0.15) is 12.7 Å². The third kappa shape index (κ3) is 10.2. The van der Waals surface area contributed by atoms with Gasteiger partial charge in [-0.1, -0.05) is 23.8 Å². The molecule has 1 aromatic carbocycles. The van der Waals surface area contributed by atoms with E-state index >= 15 is 0 Å². The number of carboxylic acids is 1. The van der Waals surface area contributed by atoms with Gasteiger partial charge in [0.05, 0.1) is 48.0 Å². The van der Waals surface area contributed by atoms with Crippen molar-refractivity contribution in [2.24, 2.45) is 0 Å². The van der Waals surface area contributed by atoms with Crippen molar-refractivity contribution in [3.05, 3.63) is 36.2 Å². The molecule has 46 heavy (non-hydrogen) atoms. The number of anilines is 2. The Labute approximate surface area is 272 Å². The Morgan fingerprint density at radius 2 is 1.72 bits per heavy atom. The second-order valence-corrected chi connectivity index (χ2v) is 12.6. The fourth-order valence-electron chi connectivity index (χ4n) is 5.55. The zero-order valence-electron chi connectivity index (χ0n) is 26.2. The van der Waals surface area contributed by atoms with Crippen molar-refractivity contribution < 1.29 is 33.7 Å². The second kappa shape index (κ2) is 16.7. The number of carboxylic acid groups (broad SMARTS) is 1. The third-order valence-electron chi connectivity index (χ3n) is 8.10. The quantitative estimate of drug-likeness (QED) is 0.214. The van der Waals surface area contributed by atoms with Gasteiger partial charge in [-0.2, -0.15) is 0 Å². The Morgan fingerprint density at radius 3 is 2.50 bits per heavy atom. The lowest BCUT2D eigenvalue weighted by molar-refractivity contribution is -0.138. The van der Waals surface area contributed by atoms with E-state index in [4.69, 9.17) is 19.3 Å². The van der Waals surface area contributed by atoms with Gasteiger partial charge in [-0.3, -0.25) is 35.0 Å². The van der Waals surface area contributed by atoms with E-state index in [0.29, 0.717) is 36.3 Å². The number of benzene rings is 1. The standard InChI is InChI=1S/C32H42N6O7S/c1-22-27(35-32(42)45-25-5-3-2-4-6-25)17-24(19-33-22)23-7-8-26-28(18-23)46-31(34-26)36-29(39)21-44-16-15-43-14-13-37-9-11-38(12-10-37)20-30(40)41/h7-8,17-19,25H,2-6,9-16,20-21H2,1H3,(H,35,42)(H,40,41)(H,34,36,39). The molecule has 1 saturated carbocycles. The number of thiazole rings is 1. The van der Waals surface area contributed by atoms with Crippen LogP contribution in [-0.4, -0.2) is 115 Å². The maximum Gasteiger partial charge on any atom is 0.411 e. The number of aromatic nitrogens is 2. The maximum atomic E-state index is 12.5. The van der Waals surface area contributed by atoms with Crippen molar-refractivity contribution in [3.63, 3.8) is 0 Å². The number of hydrogen-bond donors (Lipinski definition) is 3. The van der Waals surface area contributed by atoms with Gasteiger partial charge in [0.15, 0.2) is 5.13 Å². The van der Waals surface area contributed by atoms with Gasteiger partial charge in [-0.05, 0) is 56.4 Å². The molecule has 3 N–H and O–H groups in total. The number of amides is 2. The number of carbonyl (C=O) groups excluding carboxylic acids is 2. The first-order valence-electron chi connectivity index (χ1n) is 15.8. The molecule has 14 heteroatoms. The molecule has 0 atom stereocenters. The molecule has 1 aliphatic carbocycles. The van der Waals surface area contributed by atoms with Gasteiger partial charge >= 0.3 is 12.1 Å². The number of fused-ring (bicyclic) bond motifs is 1. The molecular formula is C32H42N6O7S. The van der Waals surface area contributed by atoms with E-state index in [1.54, 1.807) is 6.20 Å². The Hall–Kier alpha value is -3.69. The summed E-state index contributed by atoms with van der Waals surface area (Å²) in [7, 11) is 0. The maximum absolute atomic E-state index is 12.5. The molecule has 13 nitrogen and oxygen atoms in total. The van der Waals surface area contributed by atoms with Gasteiger partial charge < -0.3 is 19.3 Å². The van der Waals surface area contributed by atoms with Crippen LogP contribution in [0.25, 0.3) is 21.3 Å². The highest BCUT2D eigenvalue weighted by Gasteiger charge is 2.20. The average molecular weight is 655 g/mol. The Kier molecular flexibility index (Phi) is 12.3. The molecule has 5 rings (SSSR count). The van der Waals surface area contributed by atoms with Crippen LogP contribution in [0.1, 0.15) is 37.8 Å². The van der Waals surface area contributed by atoms with Crippen LogP contribution in [0.5, 0.6) is 0 Å². The van der Waals surface area contributed by atoms with Gasteiger partial charge in [0.25, 0.3) is 5.91 Å². The molecule has 1 saturated heterocycles. The summed E-state index contributed by atoms with van der Waals surface area (Å²) in [5.74, 6) is -1.09. The minimum absolute atomic E-state index is 0.0301. The molecule has 0 radical (unpaired) electrons. The van der Waals surface area contributed by atoms with Crippen molar-refractivity contribution >= 4 is 50.3 Å². The van der Waals surface area contributed by atoms with Gasteiger partial charge in [0, 0.05) is 44.5 Å². The number of ether oxygens (including phenoxy) is 3. The fraction of sp³-hybridized carbons (Fsp3) is 0.531. The van der Waals surface area contributed by atoms with E-state index < -0.39 is 12.1 Å². The van der Waals surface area contributed by atoms with Crippen LogP contribution in [0.3, 0.4) is 0 Å². The van der Waals surface area contributed by atoms with Crippen molar-refractivity contribution in [1.29, 1.82) is 0 Å². The van der Waals surface area contributed by atoms with Crippen molar-refractivity contribution in [3.8, 4) is 11.1 Å². The summed E-state index contributed by atoms with van der Waals surface area (Å²) in [5, 5.41) is 15.0. The van der Waals surface area contributed by atoms with E-state index in [-0.39, 0.29) is 25.2 Å². The molecule has 3 heterocycles. The molecule has 248 valence electrons. The van der Waals surface area contributed by atoms with Crippen LogP contribution < -0.4 is 10.6 Å². The highest BCUT2D eigenvalue weighted by Crippen LogP contribution is 2.32. The van der Waals surface area contributed by atoms with Crippen LogP contribution in [-0.2, 0) is 23.8 Å². The normalized spacial score (nSPS) is 16.4. The van der Waals surface area contributed by atoms with Gasteiger partial charge in [0.2, 0.25) is 0 Å². The monoisotopic (exact) mass is 654 g/mol. The number of nitrogens with one attached hydrogen (secondary N) is 2. The Bertz CT molecular complexity index is 1490. The van der Waals surface area contributed by atoms with Crippen molar-refractivity contribution in [1.82, 2.24) is 19.8 Å². The predicted molar refractivity (Wildman–Crippen MR) is 175 cm³/mol. The lowest BCUT2D eigenvalue weighted by atomic mass is 9.98. The summed E-state index contributed by atoms with van der Waals surface area (Å²) in [5.41, 5.74) is 3.82. The number of hydrogen-bond acceptors (Lipinski definition) is 11. The number of carbonyl (C=O) groups is 3. The molecule has 3 aromatic rings. The number of aliphatic carboxylic acids is 1. The summed E-state index contributed by atoms with van der Waals surface area (Å²) in [6, 6.07) is 7.71. The Balaban J connectivity index is 1.03. The van der Waals surface area contributed by atoms with Crippen LogP contribution in [0.15, 0.2) is 30.5 Å². The zero-order chi connectivity index (χ0) is 32.3. The summed E-state index contributed by atoms with van der Waals surface area (Å²) in [6.45, 7) is 6.93. The molecule has 2 aromatic heterocycles. The largest absolute Gasteiger partial charge is 0.480 e. The molecule has 2 aliphatic rings. The predicted octanol–water partition coefficient (Wildman–Crippen LogP) is 4.22. The molecule has 0 bridgehead atoms. The molecule has 2 fully saturated rings. The summed E-state index contributed by atoms with van der Waals surface area (Å²) in [6.07, 6.45) is 6.46. The second-order valence-electron chi connectivity index (χ2n) is 11.6. The molecule has 2 amide bonds. The van der Waals surface area contributed by atoms with Gasteiger partial charge in [-0.15, -0.1) is 0 Å². The minimum Gasteiger partial charge on any atom is -0.480 e. The van der Waals surface area contributed by atoms with E-state index in [9.17, 15) is 14.4 Å². The van der Waals surface area contributed by atoms with Gasteiger partial charge in [-0.25, -0.2) is 9.78 Å². The molecular weight excluding hydrogens is 612 g/mol.